The van der Waals surface area contributed by atoms with Gasteiger partial charge >= 0.3 is 0 Å². The van der Waals surface area contributed by atoms with Crippen molar-refractivity contribution in [2.24, 2.45) is 0 Å². The lowest BCUT2D eigenvalue weighted by atomic mass is 10.4. The average molecular weight is 126 g/mol. The summed E-state index contributed by atoms with van der Waals surface area (Å²) in [7, 11) is 0. The van der Waals surface area contributed by atoms with Crippen LogP contribution >= 0.6 is 0 Å². The van der Waals surface area contributed by atoms with Crippen molar-refractivity contribution >= 4 is 5.82 Å². The van der Waals surface area contributed by atoms with Gasteiger partial charge in [-0.15, -0.1) is 5.10 Å². The minimum atomic E-state index is 0.299. The Balaban J connectivity index is 2.94. The van der Waals surface area contributed by atoms with Crippen LogP contribution < -0.4 is 5.73 Å². The molecular formula is C5H10N4. The minimum absolute atomic E-state index is 0.299. The molecule has 2 N–H and O–H groups in total. The molecule has 0 saturated carbocycles. The predicted molar refractivity (Wildman–Crippen MR) is 34.8 cm³/mol. The average Bonchev–Trinajstić information content (AvgIpc) is 2.13. The summed E-state index contributed by atoms with van der Waals surface area (Å²) >= 11 is 0. The highest BCUT2D eigenvalue weighted by molar-refractivity contribution is 5.22. The Labute approximate surface area is 53.7 Å². The lowest BCUT2D eigenvalue weighted by Crippen LogP contribution is -2.06. The molecule has 0 amide bonds. The van der Waals surface area contributed by atoms with E-state index in [-0.39, 0.29) is 0 Å². The van der Waals surface area contributed by atoms with Gasteiger partial charge in [-0.2, -0.15) is 0 Å². The van der Waals surface area contributed by atoms with Gasteiger partial charge in [-0.1, -0.05) is 5.21 Å². The highest BCUT2D eigenvalue weighted by atomic mass is 15.4. The van der Waals surface area contributed by atoms with Crippen LogP contribution in [0.3, 0.4) is 0 Å². The maximum Gasteiger partial charge on any atom is 0.142 e. The summed E-state index contributed by atoms with van der Waals surface area (Å²) in [6.45, 7) is 4.01. The number of hydrogen-bond acceptors (Lipinski definition) is 3. The van der Waals surface area contributed by atoms with Crippen molar-refractivity contribution in [3.63, 3.8) is 0 Å². The van der Waals surface area contributed by atoms with Crippen molar-refractivity contribution in [3.05, 3.63) is 6.20 Å². The third-order valence-corrected chi connectivity index (χ3v) is 1.09. The van der Waals surface area contributed by atoms with E-state index in [2.05, 4.69) is 10.3 Å². The zero-order valence-corrected chi connectivity index (χ0v) is 5.57. The molecule has 0 spiro atoms. The summed E-state index contributed by atoms with van der Waals surface area (Å²) in [5.74, 6) is 0.616. The van der Waals surface area contributed by atoms with Gasteiger partial charge in [0.1, 0.15) is 5.82 Å². The second kappa shape index (κ2) is 2.05. The number of aromatic nitrogens is 3. The topological polar surface area (TPSA) is 56.7 Å². The monoisotopic (exact) mass is 126 g/mol. The quantitative estimate of drug-likeness (QED) is 0.594. The lowest BCUT2D eigenvalue weighted by molar-refractivity contribution is 0.521. The largest absolute Gasteiger partial charge is 0.383 e. The molecular weight excluding hydrogens is 116 g/mol. The zero-order chi connectivity index (χ0) is 6.85. The number of rotatable bonds is 1. The first-order valence-electron chi connectivity index (χ1n) is 2.87. The van der Waals surface area contributed by atoms with Crippen molar-refractivity contribution in [1.82, 2.24) is 15.0 Å². The van der Waals surface area contributed by atoms with Crippen LogP contribution in [0.5, 0.6) is 0 Å². The fourth-order valence-electron chi connectivity index (χ4n) is 0.653. The Bertz CT molecular complexity index is 191. The lowest BCUT2D eigenvalue weighted by Gasteiger charge is -2.03. The molecule has 0 unspecified atom stereocenters. The fourth-order valence-corrected chi connectivity index (χ4v) is 0.653. The minimum Gasteiger partial charge on any atom is -0.383 e. The molecule has 1 rings (SSSR count). The third kappa shape index (κ3) is 1.01. The molecule has 0 aliphatic carbocycles. The van der Waals surface area contributed by atoms with Crippen LogP contribution in [0.25, 0.3) is 0 Å². The van der Waals surface area contributed by atoms with Gasteiger partial charge in [0, 0.05) is 0 Å². The van der Waals surface area contributed by atoms with E-state index in [0.717, 1.165) is 0 Å². The predicted octanol–water partition coefficient (Wildman–Crippen LogP) is 0.441. The molecule has 1 aromatic heterocycles. The molecule has 1 heterocycles. The van der Waals surface area contributed by atoms with Gasteiger partial charge in [0.15, 0.2) is 0 Å². The van der Waals surface area contributed by atoms with E-state index in [1.165, 1.54) is 0 Å². The Kier molecular flexibility index (Phi) is 1.38. The Hall–Kier alpha value is -1.06. The highest BCUT2D eigenvalue weighted by Gasteiger charge is 2.00. The van der Waals surface area contributed by atoms with Crippen LogP contribution in [0.15, 0.2) is 6.20 Å². The van der Waals surface area contributed by atoms with Gasteiger partial charge in [0.05, 0.1) is 12.2 Å². The molecule has 0 bridgehead atoms. The molecule has 0 saturated heterocycles. The van der Waals surface area contributed by atoms with Crippen LogP contribution in [0.1, 0.15) is 19.9 Å². The number of hydrogen-bond donors (Lipinski definition) is 1. The second-order valence-electron chi connectivity index (χ2n) is 2.20. The number of nitrogens with zero attached hydrogens (tertiary/aromatic N) is 3. The van der Waals surface area contributed by atoms with E-state index in [1.54, 1.807) is 10.9 Å². The van der Waals surface area contributed by atoms with Crippen LogP contribution in [-0.2, 0) is 0 Å². The summed E-state index contributed by atoms with van der Waals surface area (Å²) in [4.78, 5) is 0. The van der Waals surface area contributed by atoms with Gasteiger partial charge in [-0.05, 0) is 13.8 Å². The summed E-state index contributed by atoms with van der Waals surface area (Å²) in [5.41, 5.74) is 5.48. The van der Waals surface area contributed by atoms with E-state index >= 15 is 0 Å². The molecule has 0 aromatic carbocycles. The number of nitrogen functional groups attached to an aromatic ring is 1. The standard InChI is InChI=1S/C5H10N4/c1-4(2)9-5(6)3-7-8-9/h3-4H,6H2,1-2H3. The molecule has 0 aliphatic heterocycles. The summed E-state index contributed by atoms with van der Waals surface area (Å²) in [6, 6.07) is 0.299. The molecule has 50 valence electrons. The van der Waals surface area contributed by atoms with Crippen molar-refractivity contribution in [2.45, 2.75) is 19.9 Å². The van der Waals surface area contributed by atoms with E-state index in [4.69, 9.17) is 5.73 Å². The SMILES string of the molecule is CC(C)n1nncc1N. The van der Waals surface area contributed by atoms with Crippen molar-refractivity contribution < 1.29 is 0 Å². The molecule has 4 heteroatoms. The Morgan fingerprint density at radius 3 is 2.56 bits per heavy atom. The third-order valence-electron chi connectivity index (χ3n) is 1.09. The van der Waals surface area contributed by atoms with Gasteiger partial charge in [-0.3, -0.25) is 0 Å². The van der Waals surface area contributed by atoms with E-state index in [0.29, 0.717) is 11.9 Å². The summed E-state index contributed by atoms with van der Waals surface area (Å²) in [6.07, 6.45) is 1.54. The first kappa shape index (κ1) is 6.07. The smallest absolute Gasteiger partial charge is 0.142 e. The first-order chi connectivity index (χ1) is 4.22. The van der Waals surface area contributed by atoms with Gasteiger partial charge in [0.25, 0.3) is 0 Å². The Morgan fingerprint density at radius 2 is 2.33 bits per heavy atom. The van der Waals surface area contributed by atoms with Gasteiger partial charge in [0.2, 0.25) is 0 Å². The van der Waals surface area contributed by atoms with Gasteiger partial charge < -0.3 is 5.73 Å². The normalized spacial score (nSPS) is 10.6. The van der Waals surface area contributed by atoms with Crippen molar-refractivity contribution in [2.75, 3.05) is 5.73 Å². The highest BCUT2D eigenvalue weighted by Crippen LogP contribution is 2.05. The fraction of sp³-hybridized carbons (Fsp3) is 0.600. The summed E-state index contributed by atoms with van der Waals surface area (Å²) < 4.78 is 1.67. The van der Waals surface area contributed by atoms with E-state index in [9.17, 15) is 0 Å². The van der Waals surface area contributed by atoms with Crippen LogP contribution in [-0.4, -0.2) is 15.0 Å². The molecule has 0 fully saturated rings. The van der Waals surface area contributed by atoms with Gasteiger partial charge in [-0.25, -0.2) is 4.68 Å². The van der Waals surface area contributed by atoms with Crippen molar-refractivity contribution in [3.8, 4) is 0 Å². The second-order valence-corrected chi connectivity index (χ2v) is 2.20. The summed E-state index contributed by atoms with van der Waals surface area (Å²) in [5, 5.41) is 7.39. The van der Waals surface area contributed by atoms with E-state index in [1.807, 2.05) is 13.8 Å². The van der Waals surface area contributed by atoms with Crippen LogP contribution in [0, 0.1) is 0 Å². The van der Waals surface area contributed by atoms with Crippen LogP contribution in [0.2, 0.25) is 0 Å². The first-order valence-corrected chi connectivity index (χ1v) is 2.87. The molecule has 0 radical (unpaired) electrons. The van der Waals surface area contributed by atoms with Crippen molar-refractivity contribution in [1.29, 1.82) is 0 Å². The number of anilines is 1. The maximum absolute atomic E-state index is 5.48. The molecule has 1 aromatic rings. The Morgan fingerprint density at radius 1 is 1.67 bits per heavy atom. The molecule has 4 nitrogen and oxygen atoms in total. The van der Waals surface area contributed by atoms with E-state index < -0.39 is 0 Å². The number of nitrogens with two attached hydrogens (primary N) is 1. The van der Waals surface area contributed by atoms with Crippen LogP contribution in [0.4, 0.5) is 5.82 Å². The molecule has 9 heavy (non-hydrogen) atoms. The maximum atomic E-state index is 5.48. The molecule has 0 atom stereocenters. The molecule has 0 aliphatic rings. The zero-order valence-electron chi connectivity index (χ0n) is 5.57.